The molecule has 2 aliphatic carbocycles. The van der Waals surface area contributed by atoms with Crippen LogP contribution in [-0.4, -0.2) is 54.4 Å². The Balaban J connectivity index is 1.56. The molecule has 1 N–H and O–H groups in total. The lowest BCUT2D eigenvalue weighted by Crippen LogP contribution is -2.60. The molecule has 37 heavy (non-hydrogen) atoms. The third-order valence-corrected chi connectivity index (χ3v) is 9.52. The van der Waals surface area contributed by atoms with E-state index in [0.29, 0.717) is 29.3 Å². The summed E-state index contributed by atoms with van der Waals surface area (Å²) >= 11 is 0. The van der Waals surface area contributed by atoms with Gasteiger partial charge in [-0.05, 0) is 74.0 Å². The first-order valence-electron chi connectivity index (χ1n) is 14.2. The third kappa shape index (κ3) is 6.96. The number of allylic oxidation sites excluding steroid dienone is 1. The summed E-state index contributed by atoms with van der Waals surface area (Å²) in [4.78, 5) is 23.3. The van der Waals surface area contributed by atoms with Gasteiger partial charge in [-0.25, -0.2) is 0 Å². The summed E-state index contributed by atoms with van der Waals surface area (Å²) in [5, 5.41) is 10.5. The van der Waals surface area contributed by atoms with Crippen molar-refractivity contribution in [1.29, 1.82) is 0 Å². The highest BCUT2D eigenvalue weighted by molar-refractivity contribution is 5.67. The molecule has 0 unspecified atom stereocenters. The number of hydrogen-bond donors (Lipinski definition) is 1. The average molecular weight is 523 g/mol. The maximum absolute atomic E-state index is 11.7. The van der Waals surface area contributed by atoms with Crippen molar-refractivity contribution in [3.05, 3.63) is 12.2 Å². The molecule has 0 aromatic heterocycles. The van der Waals surface area contributed by atoms with Gasteiger partial charge in [0.1, 0.15) is 6.10 Å². The van der Waals surface area contributed by atoms with E-state index in [9.17, 15) is 14.7 Å². The monoisotopic (exact) mass is 522 g/mol. The molecule has 3 fully saturated rings. The molecule has 0 spiro atoms. The summed E-state index contributed by atoms with van der Waals surface area (Å²) in [6.07, 6.45) is 4.68. The second-order valence-corrected chi connectivity index (χ2v) is 12.8. The summed E-state index contributed by atoms with van der Waals surface area (Å²) < 4.78 is 22.5. The number of carbonyl (C=O) groups excluding carboxylic acids is 2. The molecule has 0 radical (unpaired) electrons. The summed E-state index contributed by atoms with van der Waals surface area (Å²) in [6, 6.07) is 0. The van der Waals surface area contributed by atoms with Gasteiger partial charge in [-0.2, -0.15) is 0 Å². The van der Waals surface area contributed by atoms with Crippen LogP contribution in [0.25, 0.3) is 0 Å². The van der Waals surface area contributed by atoms with Gasteiger partial charge in [0.2, 0.25) is 0 Å². The van der Waals surface area contributed by atoms with E-state index in [4.69, 9.17) is 18.9 Å². The first-order chi connectivity index (χ1) is 17.3. The van der Waals surface area contributed by atoms with Crippen molar-refractivity contribution >= 4 is 11.9 Å². The van der Waals surface area contributed by atoms with Gasteiger partial charge < -0.3 is 24.1 Å². The molecule has 2 saturated carbocycles. The molecular weight excluding hydrogens is 472 g/mol. The lowest BCUT2D eigenvalue weighted by Gasteiger charge is -2.58. The van der Waals surface area contributed by atoms with Gasteiger partial charge >= 0.3 is 11.9 Å². The number of fused-ring (bicyclic) bond motifs is 1. The molecule has 9 atom stereocenters. The van der Waals surface area contributed by atoms with E-state index in [1.165, 1.54) is 45.1 Å². The Bertz CT molecular complexity index is 823. The molecule has 7 heteroatoms. The summed E-state index contributed by atoms with van der Waals surface area (Å²) in [5.74, 6) is 0.642. The zero-order valence-electron chi connectivity index (χ0n) is 24.1. The van der Waals surface area contributed by atoms with E-state index in [2.05, 4.69) is 34.3 Å². The average Bonchev–Trinajstić information content (AvgIpc) is 2.77. The fourth-order valence-electron chi connectivity index (χ4n) is 7.55. The van der Waals surface area contributed by atoms with Crippen molar-refractivity contribution in [2.45, 2.75) is 131 Å². The second-order valence-electron chi connectivity index (χ2n) is 12.8. The topological polar surface area (TPSA) is 91.3 Å². The number of aliphatic hydroxyl groups excluding tert-OH is 1. The van der Waals surface area contributed by atoms with E-state index < -0.39 is 42.6 Å². The Morgan fingerprint density at radius 2 is 1.76 bits per heavy atom. The largest absolute Gasteiger partial charge is 0.455 e. The third-order valence-electron chi connectivity index (χ3n) is 9.52. The van der Waals surface area contributed by atoms with E-state index in [1.54, 1.807) is 6.92 Å². The van der Waals surface area contributed by atoms with E-state index in [0.717, 1.165) is 31.6 Å². The Kier molecular flexibility index (Phi) is 9.90. The molecule has 0 bridgehead atoms. The van der Waals surface area contributed by atoms with Crippen LogP contribution in [0.15, 0.2) is 12.2 Å². The van der Waals surface area contributed by atoms with Gasteiger partial charge in [0.15, 0.2) is 18.5 Å². The number of esters is 2. The fraction of sp³-hybridized carbons (Fsp3) is 0.867. The Hall–Kier alpha value is -1.44. The molecule has 3 aliphatic rings. The summed E-state index contributed by atoms with van der Waals surface area (Å²) in [6.45, 7) is 18.8. The van der Waals surface area contributed by atoms with Crippen molar-refractivity contribution in [3.8, 4) is 0 Å². The van der Waals surface area contributed by atoms with E-state index in [1.807, 2.05) is 0 Å². The predicted molar refractivity (Wildman–Crippen MR) is 142 cm³/mol. The van der Waals surface area contributed by atoms with Crippen LogP contribution in [0, 0.1) is 28.6 Å². The zero-order valence-corrected chi connectivity index (χ0v) is 24.1. The highest BCUT2D eigenvalue weighted by Gasteiger charge is 2.52. The smallest absolute Gasteiger partial charge is 0.303 e. The number of rotatable bonds is 9. The number of carbonyl (C=O) groups is 2. The molecule has 1 aliphatic heterocycles. The van der Waals surface area contributed by atoms with E-state index >= 15 is 0 Å². The Morgan fingerprint density at radius 1 is 1.11 bits per heavy atom. The minimum Gasteiger partial charge on any atom is -0.455 e. The molecule has 0 aromatic carbocycles. The van der Waals surface area contributed by atoms with Crippen molar-refractivity contribution < 1.29 is 33.6 Å². The van der Waals surface area contributed by atoms with Crippen LogP contribution in [0.4, 0.5) is 0 Å². The number of ether oxygens (including phenoxy) is 4. The SMILES string of the molecule is C=C1CC[C@@H]2C(C)(C)CCC[C@]2(C)[C@@H]1CC[C@H](C)CCO[C@@H]1O[C@@H](C)[C@H](O)[C@@H](OC(C)=O)[C@H]1OC(C)=O. The Morgan fingerprint density at radius 3 is 2.41 bits per heavy atom. The van der Waals surface area contributed by atoms with Crippen LogP contribution < -0.4 is 0 Å². The lowest BCUT2D eigenvalue weighted by atomic mass is 9.47. The van der Waals surface area contributed by atoms with Gasteiger partial charge in [-0.15, -0.1) is 0 Å². The molecule has 1 saturated heterocycles. The number of aliphatic hydroxyl groups is 1. The van der Waals surface area contributed by atoms with Crippen molar-refractivity contribution in [1.82, 2.24) is 0 Å². The molecule has 7 nitrogen and oxygen atoms in total. The first kappa shape index (κ1) is 30.1. The zero-order chi connectivity index (χ0) is 27.5. The van der Waals surface area contributed by atoms with Crippen molar-refractivity contribution in [2.75, 3.05) is 6.61 Å². The van der Waals surface area contributed by atoms with Crippen LogP contribution in [-0.2, 0) is 28.5 Å². The van der Waals surface area contributed by atoms with Crippen LogP contribution >= 0.6 is 0 Å². The highest BCUT2D eigenvalue weighted by Crippen LogP contribution is 2.61. The molecule has 0 amide bonds. The van der Waals surface area contributed by atoms with Gasteiger partial charge in [0.25, 0.3) is 0 Å². The Labute approximate surface area is 223 Å². The highest BCUT2D eigenvalue weighted by atomic mass is 16.7. The van der Waals surface area contributed by atoms with Gasteiger partial charge in [0.05, 0.1) is 12.7 Å². The van der Waals surface area contributed by atoms with Gasteiger partial charge in [-0.1, -0.05) is 52.7 Å². The predicted octanol–water partition coefficient (Wildman–Crippen LogP) is 5.58. The normalized spacial score (nSPS) is 38.4. The molecule has 212 valence electrons. The van der Waals surface area contributed by atoms with Gasteiger partial charge in [0, 0.05) is 13.8 Å². The summed E-state index contributed by atoms with van der Waals surface area (Å²) in [5.41, 5.74) is 2.17. The van der Waals surface area contributed by atoms with Crippen LogP contribution in [0.2, 0.25) is 0 Å². The first-order valence-corrected chi connectivity index (χ1v) is 14.2. The molecule has 1 heterocycles. The second kappa shape index (κ2) is 12.2. The standard InChI is InChI=1S/C30H50O7/c1-18(10-12-23-19(2)11-13-24-29(6,7)15-9-16-30(23,24)8)14-17-34-28-27(37-22(5)32)26(36-21(4)31)25(33)20(3)35-28/h18,20,23-28,33H,2,9-17H2,1,3-8H3/t18-,20-,23+,24+,25-,26+,27+,28+,30+/m0/s1. The van der Waals surface area contributed by atoms with Crippen molar-refractivity contribution in [3.63, 3.8) is 0 Å². The summed E-state index contributed by atoms with van der Waals surface area (Å²) in [7, 11) is 0. The fourth-order valence-corrected chi connectivity index (χ4v) is 7.55. The maximum atomic E-state index is 11.7. The minimum atomic E-state index is -1.12. The van der Waals surface area contributed by atoms with E-state index in [-0.39, 0.29) is 0 Å². The maximum Gasteiger partial charge on any atom is 0.303 e. The van der Waals surface area contributed by atoms with Gasteiger partial charge in [-0.3, -0.25) is 9.59 Å². The quantitative estimate of drug-likeness (QED) is 0.312. The lowest BCUT2D eigenvalue weighted by molar-refractivity contribution is -0.299. The van der Waals surface area contributed by atoms with Crippen LogP contribution in [0.3, 0.4) is 0 Å². The molecule has 3 rings (SSSR count). The van der Waals surface area contributed by atoms with Crippen LogP contribution in [0.1, 0.15) is 99.8 Å². The molecule has 0 aromatic rings. The van der Waals surface area contributed by atoms with Crippen molar-refractivity contribution in [2.24, 2.45) is 28.6 Å². The van der Waals surface area contributed by atoms with Crippen LogP contribution in [0.5, 0.6) is 0 Å². The minimum absolute atomic E-state index is 0.336. The number of hydrogen-bond acceptors (Lipinski definition) is 7. The molecular formula is C30H50O7.